The molecule has 0 spiro atoms. The standard InChI is InChI=1S/C14H24N2O/c1-4-5-12(10-15)14(17)11-6-8-13(9-7-11)16(2)3/h6-9,12,14,17H,4-5,10,15H2,1-3H3. The van der Waals surface area contributed by atoms with Crippen LogP contribution in [-0.2, 0) is 0 Å². The van der Waals surface area contributed by atoms with Crippen molar-refractivity contribution in [1.82, 2.24) is 0 Å². The van der Waals surface area contributed by atoms with Crippen LogP contribution in [-0.4, -0.2) is 25.7 Å². The summed E-state index contributed by atoms with van der Waals surface area (Å²) in [4.78, 5) is 2.04. The Labute approximate surface area is 104 Å². The molecule has 1 aromatic carbocycles. The van der Waals surface area contributed by atoms with Crippen molar-refractivity contribution in [1.29, 1.82) is 0 Å². The predicted molar refractivity (Wildman–Crippen MR) is 73.2 cm³/mol. The smallest absolute Gasteiger partial charge is 0.0830 e. The summed E-state index contributed by atoms with van der Waals surface area (Å²) in [6.07, 6.45) is 1.57. The van der Waals surface area contributed by atoms with Gasteiger partial charge in [0.1, 0.15) is 0 Å². The predicted octanol–water partition coefficient (Wildman–Crippen LogP) is 2.16. The van der Waals surface area contributed by atoms with Crippen LogP contribution in [0, 0.1) is 5.92 Å². The zero-order valence-corrected chi connectivity index (χ0v) is 11.1. The molecule has 0 saturated carbocycles. The molecule has 0 heterocycles. The van der Waals surface area contributed by atoms with Gasteiger partial charge < -0.3 is 15.7 Å². The van der Waals surface area contributed by atoms with E-state index in [1.165, 1.54) is 0 Å². The van der Waals surface area contributed by atoms with E-state index in [0.29, 0.717) is 6.54 Å². The molecule has 0 aliphatic carbocycles. The Hall–Kier alpha value is -1.06. The van der Waals surface area contributed by atoms with Gasteiger partial charge in [-0.3, -0.25) is 0 Å². The fourth-order valence-corrected chi connectivity index (χ4v) is 2.02. The van der Waals surface area contributed by atoms with Crippen LogP contribution < -0.4 is 10.6 Å². The number of aliphatic hydroxyl groups excluding tert-OH is 1. The lowest BCUT2D eigenvalue weighted by molar-refractivity contribution is 0.107. The Morgan fingerprint density at radius 2 is 1.82 bits per heavy atom. The zero-order valence-electron chi connectivity index (χ0n) is 11.1. The van der Waals surface area contributed by atoms with Gasteiger partial charge in [0, 0.05) is 25.7 Å². The fourth-order valence-electron chi connectivity index (χ4n) is 2.02. The van der Waals surface area contributed by atoms with Crippen molar-refractivity contribution in [2.75, 3.05) is 25.5 Å². The van der Waals surface area contributed by atoms with E-state index in [4.69, 9.17) is 5.73 Å². The van der Waals surface area contributed by atoms with Gasteiger partial charge in [-0.15, -0.1) is 0 Å². The lowest BCUT2D eigenvalue weighted by Crippen LogP contribution is -2.22. The Bertz CT molecular complexity index is 321. The Balaban J connectivity index is 2.77. The molecule has 17 heavy (non-hydrogen) atoms. The van der Waals surface area contributed by atoms with Crippen LogP contribution in [0.1, 0.15) is 31.4 Å². The number of aliphatic hydroxyl groups is 1. The molecular weight excluding hydrogens is 212 g/mol. The van der Waals surface area contributed by atoms with Crippen LogP contribution in [0.5, 0.6) is 0 Å². The molecule has 3 N–H and O–H groups in total. The lowest BCUT2D eigenvalue weighted by Gasteiger charge is -2.22. The summed E-state index contributed by atoms with van der Waals surface area (Å²) < 4.78 is 0. The summed E-state index contributed by atoms with van der Waals surface area (Å²) in [5.41, 5.74) is 7.80. The number of nitrogens with zero attached hydrogens (tertiary/aromatic N) is 1. The van der Waals surface area contributed by atoms with Gasteiger partial charge in [0.05, 0.1) is 6.10 Å². The number of rotatable bonds is 6. The maximum Gasteiger partial charge on any atom is 0.0830 e. The van der Waals surface area contributed by atoms with Crippen molar-refractivity contribution in [3.05, 3.63) is 29.8 Å². The van der Waals surface area contributed by atoms with Gasteiger partial charge in [0.15, 0.2) is 0 Å². The highest BCUT2D eigenvalue weighted by atomic mass is 16.3. The molecule has 96 valence electrons. The molecule has 0 fully saturated rings. The van der Waals surface area contributed by atoms with E-state index in [2.05, 4.69) is 6.92 Å². The quantitative estimate of drug-likeness (QED) is 0.796. The third kappa shape index (κ3) is 3.72. The van der Waals surface area contributed by atoms with Gasteiger partial charge >= 0.3 is 0 Å². The number of benzene rings is 1. The van der Waals surface area contributed by atoms with Crippen LogP contribution in [0.25, 0.3) is 0 Å². The Morgan fingerprint density at radius 3 is 2.24 bits per heavy atom. The van der Waals surface area contributed by atoms with E-state index in [9.17, 15) is 5.11 Å². The van der Waals surface area contributed by atoms with E-state index in [0.717, 1.165) is 24.1 Å². The molecular formula is C14H24N2O. The van der Waals surface area contributed by atoms with Crippen LogP contribution in [0.3, 0.4) is 0 Å². The molecule has 3 nitrogen and oxygen atoms in total. The summed E-state index contributed by atoms with van der Waals surface area (Å²) in [7, 11) is 4.01. The highest BCUT2D eigenvalue weighted by Gasteiger charge is 2.18. The molecule has 1 aromatic rings. The normalized spacial score (nSPS) is 14.4. The van der Waals surface area contributed by atoms with Crippen LogP contribution in [0.2, 0.25) is 0 Å². The second-order valence-corrected chi connectivity index (χ2v) is 4.72. The molecule has 0 radical (unpaired) electrons. The molecule has 0 aromatic heterocycles. The monoisotopic (exact) mass is 236 g/mol. The zero-order chi connectivity index (χ0) is 12.8. The highest BCUT2D eigenvalue weighted by Crippen LogP contribution is 2.26. The molecule has 0 saturated heterocycles. The first-order chi connectivity index (χ1) is 8.10. The lowest BCUT2D eigenvalue weighted by atomic mass is 9.92. The maximum atomic E-state index is 10.2. The highest BCUT2D eigenvalue weighted by molar-refractivity contribution is 5.46. The summed E-state index contributed by atoms with van der Waals surface area (Å²) in [5, 5.41) is 10.2. The van der Waals surface area contributed by atoms with Crippen LogP contribution >= 0.6 is 0 Å². The molecule has 0 bridgehead atoms. The fraction of sp³-hybridized carbons (Fsp3) is 0.571. The van der Waals surface area contributed by atoms with Crippen molar-refractivity contribution in [2.24, 2.45) is 11.7 Å². The minimum absolute atomic E-state index is 0.158. The Kier molecular flexibility index (Phi) is 5.45. The molecule has 1 rings (SSSR count). The van der Waals surface area contributed by atoms with E-state index in [1.54, 1.807) is 0 Å². The van der Waals surface area contributed by atoms with Crippen molar-refractivity contribution >= 4 is 5.69 Å². The van der Waals surface area contributed by atoms with Crippen LogP contribution in [0.15, 0.2) is 24.3 Å². The van der Waals surface area contributed by atoms with Gasteiger partial charge in [-0.25, -0.2) is 0 Å². The van der Waals surface area contributed by atoms with Crippen molar-refractivity contribution in [2.45, 2.75) is 25.9 Å². The summed E-state index contributed by atoms with van der Waals surface area (Å²) >= 11 is 0. The third-order valence-corrected chi connectivity index (χ3v) is 3.16. The minimum Gasteiger partial charge on any atom is -0.388 e. The van der Waals surface area contributed by atoms with E-state index in [-0.39, 0.29) is 5.92 Å². The molecule has 3 heteroatoms. The molecule has 0 aliphatic heterocycles. The first-order valence-electron chi connectivity index (χ1n) is 6.25. The van der Waals surface area contributed by atoms with Crippen molar-refractivity contribution in [3.63, 3.8) is 0 Å². The number of hydrogen-bond donors (Lipinski definition) is 2. The molecule has 2 atom stereocenters. The van der Waals surface area contributed by atoms with Gasteiger partial charge in [-0.05, 0) is 30.7 Å². The SMILES string of the molecule is CCCC(CN)C(O)c1ccc(N(C)C)cc1. The molecule has 0 amide bonds. The number of hydrogen-bond acceptors (Lipinski definition) is 3. The summed E-state index contributed by atoms with van der Waals surface area (Å²) in [5.74, 6) is 0.158. The second kappa shape index (κ2) is 6.62. The second-order valence-electron chi connectivity index (χ2n) is 4.72. The van der Waals surface area contributed by atoms with Crippen LogP contribution in [0.4, 0.5) is 5.69 Å². The number of nitrogens with two attached hydrogens (primary N) is 1. The first-order valence-corrected chi connectivity index (χ1v) is 6.25. The van der Waals surface area contributed by atoms with Crippen molar-refractivity contribution < 1.29 is 5.11 Å². The minimum atomic E-state index is -0.448. The first kappa shape index (κ1) is 14.0. The van der Waals surface area contributed by atoms with Gasteiger partial charge in [0.25, 0.3) is 0 Å². The summed E-state index contributed by atoms with van der Waals surface area (Å²) in [6.45, 7) is 2.65. The van der Waals surface area contributed by atoms with Gasteiger partial charge in [-0.2, -0.15) is 0 Å². The largest absolute Gasteiger partial charge is 0.388 e. The third-order valence-electron chi connectivity index (χ3n) is 3.16. The Morgan fingerprint density at radius 1 is 1.24 bits per heavy atom. The van der Waals surface area contributed by atoms with Crippen molar-refractivity contribution in [3.8, 4) is 0 Å². The van der Waals surface area contributed by atoms with Gasteiger partial charge in [0.2, 0.25) is 0 Å². The topological polar surface area (TPSA) is 49.5 Å². The van der Waals surface area contributed by atoms with E-state index >= 15 is 0 Å². The average Bonchev–Trinajstić information content (AvgIpc) is 2.35. The number of anilines is 1. The summed E-state index contributed by atoms with van der Waals surface area (Å²) in [6, 6.07) is 8.02. The maximum absolute atomic E-state index is 10.2. The molecule has 2 unspecified atom stereocenters. The average molecular weight is 236 g/mol. The van der Waals surface area contributed by atoms with Gasteiger partial charge in [-0.1, -0.05) is 25.5 Å². The molecule has 0 aliphatic rings. The van der Waals surface area contributed by atoms with E-state index < -0.39 is 6.10 Å². The van der Waals surface area contributed by atoms with E-state index in [1.807, 2.05) is 43.3 Å².